The van der Waals surface area contributed by atoms with Gasteiger partial charge in [0.1, 0.15) is 0 Å². The Balaban J connectivity index is 2.27. The van der Waals surface area contributed by atoms with Gasteiger partial charge in [0.15, 0.2) is 0 Å². The van der Waals surface area contributed by atoms with Crippen LogP contribution in [0.3, 0.4) is 0 Å². The van der Waals surface area contributed by atoms with E-state index >= 15 is 0 Å². The Bertz CT molecular complexity index is 501. The van der Waals surface area contributed by atoms with Gasteiger partial charge in [0.05, 0.1) is 0 Å². The number of rotatable bonds is 8. The molecule has 0 fully saturated rings. The smallest absolute Gasteiger partial charge is 0.329 e. The van der Waals surface area contributed by atoms with Crippen LogP contribution in [0, 0.1) is 0 Å². The van der Waals surface area contributed by atoms with Crippen molar-refractivity contribution in [1.29, 1.82) is 0 Å². The second-order valence-electron chi connectivity index (χ2n) is 4.88. The predicted molar refractivity (Wildman–Crippen MR) is 85.5 cm³/mol. The van der Waals surface area contributed by atoms with Gasteiger partial charge in [-0.3, -0.25) is 9.59 Å². The first-order chi connectivity index (χ1) is 10.6. The Kier molecular flexibility index (Phi) is 8.52. The first-order valence-electron chi connectivity index (χ1n) is 7.27. The molecule has 0 saturated heterocycles. The summed E-state index contributed by atoms with van der Waals surface area (Å²) in [5, 5.41) is 6.43. The summed E-state index contributed by atoms with van der Waals surface area (Å²) in [6, 6.07) is 10.0. The fraction of sp³-hybridized carbons (Fsp3) is 0.438. The van der Waals surface area contributed by atoms with E-state index in [0.717, 1.165) is 18.6 Å². The van der Waals surface area contributed by atoms with Crippen molar-refractivity contribution >= 4 is 17.5 Å². The molecule has 0 spiro atoms. The number of benzene rings is 1. The minimum Gasteiger partial charge on any atom is -0.385 e. The Morgan fingerprint density at radius 3 is 2.59 bits per heavy atom. The van der Waals surface area contributed by atoms with Gasteiger partial charge in [-0.25, -0.2) is 5.43 Å². The highest BCUT2D eigenvalue weighted by molar-refractivity contribution is 6.35. The summed E-state index contributed by atoms with van der Waals surface area (Å²) in [5.74, 6) is -1.44. The van der Waals surface area contributed by atoms with Gasteiger partial charge >= 0.3 is 11.8 Å². The van der Waals surface area contributed by atoms with E-state index in [4.69, 9.17) is 4.74 Å². The minimum atomic E-state index is -0.753. The molecule has 0 aliphatic rings. The van der Waals surface area contributed by atoms with E-state index < -0.39 is 11.8 Å². The van der Waals surface area contributed by atoms with Gasteiger partial charge in [0.25, 0.3) is 0 Å². The van der Waals surface area contributed by atoms with Crippen LogP contribution in [0.25, 0.3) is 0 Å². The van der Waals surface area contributed by atoms with Gasteiger partial charge in [0, 0.05) is 26.0 Å². The van der Waals surface area contributed by atoms with Crippen molar-refractivity contribution in [3.63, 3.8) is 0 Å². The number of methoxy groups -OCH3 is 1. The predicted octanol–water partition coefficient (Wildman–Crippen LogP) is 1.26. The van der Waals surface area contributed by atoms with Gasteiger partial charge in [-0.15, -0.1) is 0 Å². The zero-order chi connectivity index (χ0) is 16.2. The van der Waals surface area contributed by atoms with E-state index in [1.165, 1.54) is 5.56 Å². The quantitative estimate of drug-likeness (QED) is 0.328. The van der Waals surface area contributed by atoms with Crippen LogP contribution < -0.4 is 10.7 Å². The molecule has 0 radical (unpaired) electrons. The lowest BCUT2D eigenvalue weighted by Gasteiger charge is -2.04. The van der Waals surface area contributed by atoms with E-state index in [2.05, 4.69) is 15.8 Å². The monoisotopic (exact) mass is 305 g/mol. The lowest BCUT2D eigenvalue weighted by Crippen LogP contribution is -2.38. The topological polar surface area (TPSA) is 79.8 Å². The van der Waals surface area contributed by atoms with Crippen molar-refractivity contribution in [2.75, 3.05) is 20.3 Å². The van der Waals surface area contributed by atoms with Crippen molar-refractivity contribution in [3.05, 3.63) is 35.9 Å². The maximum atomic E-state index is 11.5. The number of carbonyl (C=O) groups excluding carboxylic acids is 2. The maximum Gasteiger partial charge on any atom is 0.329 e. The van der Waals surface area contributed by atoms with Crippen LogP contribution in [0.1, 0.15) is 25.3 Å². The number of ether oxygens (including phenoxy) is 1. The largest absolute Gasteiger partial charge is 0.385 e. The summed E-state index contributed by atoms with van der Waals surface area (Å²) in [5.41, 5.74) is 4.24. The van der Waals surface area contributed by atoms with E-state index in [0.29, 0.717) is 19.6 Å². The fourth-order valence-electron chi connectivity index (χ4n) is 1.72. The molecule has 0 heterocycles. The summed E-state index contributed by atoms with van der Waals surface area (Å²) >= 11 is 0. The summed E-state index contributed by atoms with van der Waals surface area (Å²) < 4.78 is 4.85. The second kappa shape index (κ2) is 10.5. The van der Waals surface area contributed by atoms with Crippen molar-refractivity contribution in [2.45, 2.75) is 26.2 Å². The Labute approximate surface area is 130 Å². The van der Waals surface area contributed by atoms with Gasteiger partial charge in [0.2, 0.25) is 0 Å². The molecule has 0 aliphatic carbocycles. The second-order valence-corrected chi connectivity index (χ2v) is 4.88. The summed E-state index contributed by atoms with van der Waals surface area (Å²) in [6.45, 7) is 2.76. The Morgan fingerprint density at radius 1 is 1.18 bits per heavy atom. The van der Waals surface area contributed by atoms with Crippen molar-refractivity contribution in [2.24, 2.45) is 5.10 Å². The molecule has 0 saturated carbocycles. The standard InChI is InChI=1S/C16H23N3O3/c1-13(9-10-14-7-4-3-5-8-14)18-19-16(21)15(20)17-11-6-12-22-2/h3-5,7-8H,6,9-12H2,1-2H3,(H,17,20)(H,19,21)/b18-13-. The average molecular weight is 305 g/mol. The molecule has 2 amide bonds. The number of nitrogens with one attached hydrogen (secondary N) is 2. The van der Waals surface area contributed by atoms with Gasteiger partial charge < -0.3 is 10.1 Å². The summed E-state index contributed by atoms with van der Waals surface area (Å²) in [6.07, 6.45) is 2.23. The maximum absolute atomic E-state index is 11.5. The molecule has 1 rings (SSSR count). The van der Waals surface area contributed by atoms with Crippen LogP contribution in [0.4, 0.5) is 0 Å². The van der Waals surface area contributed by atoms with Crippen LogP contribution in [-0.2, 0) is 20.7 Å². The van der Waals surface area contributed by atoms with Gasteiger partial charge in [-0.05, 0) is 31.7 Å². The number of aryl methyl sites for hydroxylation is 1. The highest BCUT2D eigenvalue weighted by Crippen LogP contribution is 2.02. The Hall–Kier alpha value is -2.21. The number of hydrogen-bond donors (Lipinski definition) is 2. The number of nitrogens with zero attached hydrogens (tertiary/aromatic N) is 1. The SMILES string of the molecule is COCCCNC(=O)C(=O)N/N=C(/C)CCc1ccccc1. The van der Waals surface area contributed by atoms with Crippen LogP contribution in [0.15, 0.2) is 35.4 Å². The number of hydrazone groups is 1. The molecule has 1 aromatic rings. The molecular formula is C16H23N3O3. The molecule has 0 aliphatic heterocycles. The molecule has 120 valence electrons. The van der Waals surface area contributed by atoms with Crippen molar-refractivity contribution in [1.82, 2.24) is 10.7 Å². The zero-order valence-corrected chi connectivity index (χ0v) is 13.1. The molecule has 0 bridgehead atoms. The van der Waals surface area contributed by atoms with E-state index in [1.54, 1.807) is 7.11 Å². The Morgan fingerprint density at radius 2 is 1.91 bits per heavy atom. The fourth-order valence-corrected chi connectivity index (χ4v) is 1.72. The molecule has 0 aromatic heterocycles. The highest BCUT2D eigenvalue weighted by atomic mass is 16.5. The number of carbonyl (C=O) groups is 2. The first-order valence-corrected chi connectivity index (χ1v) is 7.27. The van der Waals surface area contributed by atoms with Crippen molar-refractivity contribution in [3.8, 4) is 0 Å². The summed E-state index contributed by atoms with van der Waals surface area (Å²) in [7, 11) is 1.58. The van der Waals surface area contributed by atoms with Crippen LogP contribution in [0.5, 0.6) is 0 Å². The third kappa shape index (κ3) is 7.54. The summed E-state index contributed by atoms with van der Waals surface area (Å²) in [4.78, 5) is 23.0. The molecule has 1 aromatic carbocycles. The van der Waals surface area contributed by atoms with E-state index in [1.807, 2.05) is 37.3 Å². The van der Waals surface area contributed by atoms with Gasteiger partial charge in [-0.1, -0.05) is 30.3 Å². The third-order valence-electron chi connectivity index (χ3n) is 2.98. The first kappa shape index (κ1) is 17.8. The molecule has 2 N–H and O–H groups in total. The minimum absolute atomic E-state index is 0.400. The molecular weight excluding hydrogens is 282 g/mol. The molecule has 22 heavy (non-hydrogen) atoms. The van der Waals surface area contributed by atoms with E-state index in [9.17, 15) is 9.59 Å². The van der Waals surface area contributed by atoms with Crippen LogP contribution in [0.2, 0.25) is 0 Å². The zero-order valence-electron chi connectivity index (χ0n) is 13.1. The lowest BCUT2D eigenvalue weighted by atomic mass is 10.1. The molecule has 0 atom stereocenters. The number of amides is 2. The molecule has 0 unspecified atom stereocenters. The highest BCUT2D eigenvalue weighted by Gasteiger charge is 2.11. The normalized spacial score (nSPS) is 11.1. The van der Waals surface area contributed by atoms with E-state index in [-0.39, 0.29) is 0 Å². The number of hydrogen-bond acceptors (Lipinski definition) is 4. The van der Waals surface area contributed by atoms with Gasteiger partial charge in [-0.2, -0.15) is 5.10 Å². The van der Waals surface area contributed by atoms with Crippen molar-refractivity contribution < 1.29 is 14.3 Å². The third-order valence-corrected chi connectivity index (χ3v) is 2.98. The lowest BCUT2D eigenvalue weighted by molar-refractivity contribution is -0.139. The average Bonchev–Trinajstić information content (AvgIpc) is 2.55. The molecule has 6 nitrogen and oxygen atoms in total. The van der Waals surface area contributed by atoms with Crippen LogP contribution in [-0.4, -0.2) is 37.8 Å². The molecule has 6 heteroatoms. The van der Waals surface area contributed by atoms with Crippen LogP contribution >= 0.6 is 0 Å².